The van der Waals surface area contributed by atoms with E-state index in [9.17, 15) is 9.59 Å². The van der Waals surface area contributed by atoms with Crippen molar-refractivity contribution in [2.45, 2.75) is 18.9 Å². The number of hydrogen-bond donors (Lipinski definition) is 3. The molecule has 0 radical (unpaired) electrons. The fourth-order valence-corrected chi connectivity index (χ4v) is 3.15. The van der Waals surface area contributed by atoms with Crippen LogP contribution < -0.4 is 22.2 Å². The Hall–Kier alpha value is -2.83. The van der Waals surface area contributed by atoms with Gasteiger partial charge in [-0.05, 0) is 25.0 Å². The average Bonchev–Trinajstić information content (AvgIpc) is 2.86. The van der Waals surface area contributed by atoms with Gasteiger partial charge in [-0.3, -0.25) is 14.6 Å². The number of amides is 1. The number of benzene rings is 1. The molecule has 0 spiro atoms. The van der Waals surface area contributed by atoms with Gasteiger partial charge < -0.3 is 21.4 Å². The van der Waals surface area contributed by atoms with Crippen LogP contribution in [0.3, 0.4) is 0 Å². The molecule has 2 heterocycles. The summed E-state index contributed by atoms with van der Waals surface area (Å²) in [6.07, 6.45) is 1.38. The molecule has 120 valence electrons. The fraction of sp³-hybridized carbons (Fsp3) is 0.312. The van der Waals surface area contributed by atoms with E-state index in [1.807, 2.05) is 23.7 Å². The molecule has 0 saturated carbocycles. The van der Waals surface area contributed by atoms with Crippen molar-refractivity contribution < 1.29 is 4.79 Å². The van der Waals surface area contributed by atoms with Crippen LogP contribution in [0.15, 0.2) is 34.1 Å². The molecular formula is C16H19N5O2. The standard InChI is InChI=1S/C16H19N5O2/c1-21-11-7-3-2-5-9(11)14(22)12-13(21)10(20-15(12)23)6-4-8-19-16(17)18/h2-3,5,7,10H,4,6,8H2,1H3,(H,20,23)(H4,17,18,19). The zero-order valence-electron chi connectivity index (χ0n) is 12.9. The number of para-hydroxylation sites is 1. The van der Waals surface area contributed by atoms with Crippen LogP contribution >= 0.6 is 0 Å². The number of guanidine groups is 1. The molecule has 2 aromatic rings. The minimum Gasteiger partial charge on any atom is -0.370 e. The van der Waals surface area contributed by atoms with E-state index < -0.39 is 0 Å². The summed E-state index contributed by atoms with van der Waals surface area (Å²) in [6.45, 7) is 0.492. The SMILES string of the molecule is Cn1c2c(c(=O)c3ccccc31)C(=O)NC2CCCN=C(N)N. The van der Waals surface area contributed by atoms with Gasteiger partial charge in [0.05, 0.1) is 17.3 Å². The van der Waals surface area contributed by atoms with Crippen molar-refractivity contribution in [2.75, 3.05) is 6.54 Å². The predicted octanol–water partition coefficient (Wildman–Crippen LogP) is 0.377. The minimum atomic E-state index is -0.307. The van der Waals surface area contributed by atoms with E-state index in [-0.39, 0.29) is 28.9 Å². The molecule has 23 heavy (non-hydrogen) atoms. The highest BCUT2D eigenvalue weighted by Crippen LogP contribution is 2.29. The van der Waals surface area contributed by atoms with Gasteiger partial charge in [0.25, 0.3) is 5.91 Å². The molecule has 1 atom stereocenters. The summed E-state index contributed by atoms with van der Waals surface area (Å²) < 4.78 is 1.93. The van der Waals surface area contributed by atoms with Gasteiger partial charge in [-0.25, -0.2) is 0 Å². The summed E-state index contributed by atoms with van der Waals surface area (Å²) in [4.78, 5) is 28.8. The normalized spacial score (nSPS) is 16.2. The van der Waals surface area contributed by atoms with Crippen molar-refractivity contribution in [1.29, 1.82) is 0 Å². The Bertz CT molecular complexity index is 865. The first kappa shape index (κ1) is 15.1. The number of nitrogens with two attached hydrogens (primary N) is 2. The lowest BCUT2D eigenvalue weighted by Crippen LogP contribution is -2.23. The van der Waals surface area contributed by atoms with Crippen LogP contribution in [-0.2, 0) is 7.05 Å². The van der Waals surface area contributed by atoms with Crippen molar-refractivity contribution in [3.8, 4) is 0 Å². The summed E-state index contributed by atoms with van der Waals surface area (Å²) in [5.41, 5.74) is 12.2. The second-order valence-corrected chi connectivity index (χ2v) is 5.64. The Morgan fingerprint density at radius 3 is 2.78 bits per heavy atom. The van der Waals surface area contributed by atoms with Gasteiger partial charge in [0, 0.05) is 19.0 Å². The van der Waals surface area contributed by atoms with Gasteiger partial charge in [-0.2, -0.15) is 0 Å². The third kappa shape index (κ3) is 2.54. The zero-order valence-corrected chi connectivity index (χ0v) is 12.9. The van der Waals surface area contributed by atoms with Crippen LogP contribution in [0.5, 0.6) is 0 Å². The number of aromatic nitrogens is 1. The van der Waals surface area contributed by atoms with E-state index in [0.29, 0.717) is 24.8 Å². The third-order valence-electron chi connectivity index (χ3n) is 4.16. The second-order valence-electron chi connectivity index (χ2n) is 5.64. The number of aryl methyl sites for hydroxylation is 1. The summed E-state index contributed by atoms with van der Waals surface area (Å²) in [6, 6.07) is 7.11. The topological polar surface area (TPSA) is 116 Å². The van der Waals surface area contributed by atoms with Gasteiger partial charge in [-0.1, -0.05) is 12.1 Å². The van der Waals surface area contributed by atoms with Gasteiger partial charge >= 0.3 is 0 Å². The lowest BCUT2D eigenvalue weighted by molar-refractivity contribution is 0.0954. The molecule has 1 unspecified atom stereocenters. The van der Waals surface area contributed by atoms with Crippen molar-refractivity contribution in [3.63, 3.8) is 0 Å². The third-order valence-corrected chi connectivity index (χ3v) is 4.16. The number of nitrogens with zero attached hydrogens (tertiary/aromatic N) is 2. The van der Waals surface area contributed by atoms with Crippen molar-refractivity contribution in [1.82, 2.24) is 9.88 Å². The van der Waals surface area contributed by atoms with Gasteiger partial charge in [0.1, 0.15) is 5.56 Å². The molecular weight excluding hydrogens is 294 g/mol. The predicted molar refractivity (Wildman–Crippen MR) is 89.3 cm³/mol. The number of fused-ring (bicyclic) bond motifs is 2. The maximum atomic E-state index is 12.6. The van der Waals surface area contributed by atoms with Gasteiger partial charge in [-0.15, -0.1) is 0 Å². The highest BCUT2D eigenvalue weighted by atomic mass is 16.2. The summed E-state index contributed by atoms with van der Waals surface area (Å²) in [5.74, 6) is -0.252. The number of nitrogens with one attached hydrogen (secondary N) is 1. The lowest BCUT2D eigenvalue weighted by Gasteiger charge is -2.16. The van der Waals surface area contributed by atoms with Crippen LogP contribution in [0.4, 0.5) is 0 Å². The molecule has 3 rings (SSSR count). The number of rotatable bonds is 4. The number of aliphatic imine (C=N–C) groups is 1. The molecule has 0 saturated heterocycles. The fourth-order valence-electron chi connectivity index (χ4n) is 3.15. The Morgan fingerprint density at radius 2 is 2.04 bits per heavy atom. The highest BCUT2D eigenvalue weighted by Gasteiger charge is 2.33. The molecule has 1 aliphatic heterocycles. The van der Waals surface area contributed by atoms with Crippen molar-refractivity contribution in [2.24, 2.45) is 23.5 Å². The van der Waals surface area contributed by atoms with Crippen molar-refractivity contribution in [3.05, 3.63) is 45.7 Å². The summed E-state index contributed by atoms with van der Waals surface area (Å²) >= 11 is 0. The minimum absolute atomic E-state index is 0.0549. The number of pyridine rings is 1. The van der Waals surface area contributed by atoms with E-state index in [1.165, 1.54) is 0 Å². The number of carbonyl (C=O) groups is 1. The van der Waals surface area contributed by atoms with Crippen LogP contribution in [0.2, 0.25) is 0 Å². The first-order valence-electron chi connectivity index (χ1n) is 7.48. The molecule has 1 aromatic heterocycles. The summed E-state index contributed by atoms with van der Waals surface area (Å²) in [7, 11) is 1.88. The summed E-state index contributed by atoms with van der Waals surface area (Å²) in [5, 5.41) is 3.45. The van der Waals surface area contributed by atoms with Crippen LogP contribution in [0, 0.1) is 0 Å². The smallest absolute Gasteiger partial charge is 0.257 e. The van der Waals surface area contributed by atoms with Gasteiger partial charge in [0.2, 0.25) is 5.43 Å². The second kappa shape index (κ2) is 5.75. The molecule has 1 aliphatic rings. The Kier molecular flexibility index (Phi) is 3.77. The molecule has 1 amide bonds. The Labute approximate surface area is 133 Å². The van der Waals surface area contributed by atoms with E-state index in [0.717, 1.165) is 11.2 Å². The molecule has 7 heteroatoms. The largest absolute Gasteiger partial charge is 0.370 e. The monoisotopic (exact) mass is 313 g/mol. The Balaban J connectivity index is 2.01. The first-order valence-corrected chi connectivity index (χ1v) is 7.48. The van der Waals surface area contributed by atoms with Crippen LogP contribution in [0.1, 0.15) is 34.9 Å². The maximum Gasteiger partial charge on any atom is 0.257 e. The van der Waals surface area contributed by atoms with E-state index >= 15 is 0 Å². The lowest BCUT2D eigenvalue weighted by atomic mass is 10.0. The Morgan fingerprint density at radius 1 is 1.30 bits per heavy atom. The molecule has 5 N–H and O–H groups in total. The van der Waals surface area contributed by atoms with Gasteiger partial charge in [0.15, 0.2) is 5.96 Å². The van der Waals surface area contributed by atoms with Crippen molar-refractivity contribution >= 4 is 22.8 Å². The number of carbonyl (C=O) groups excluding carboxylic acids is 1. The van der Waals surface area contributed by atoms with E-state index in [4.69, 9.17) is 11.5 Å². The molecule has 7 nitrogen and oxygen atoms in total. The molecule has 0 bridgehead atoms. The quantitative estimate of drug-likeness (QED) is 0.430. The van der Waals surface area contributed by atoms with Crippen LogP contribution in [0.25, 0.3) is 10.9 Å². The first-order chi connectivity index (χ1) is 11.0. The molecule has 1 aromatic carbocycles. The van der Waals surface area contributed by atoms with E-state index in [2.05, 4.69) is 10.3 Å². The highest BCUT2D eigenvalue weighted by molar-refractivity contribution is 6.01. The molecule has 0 aliphatic carbocycles. The van der Waals surface area contributed by atoms with Crippen LogP contribution in [-0.4, -0.2) is 23.0 Å². The van der Waals surface area contributed by atoms with E-state index in [1.54, 1.807) is 12.1 Å². The number of hydrogen-bond acceptors (Lipinski definition) is 3. The maximum absolute atomic E-state index is 12.6. The molecule has 0 fully saturated rings. The zero-order chi connectivity index (χ0) is 16.6. The average molecular weight is 313 g/mol.